The number of rotatable bonds is 4. The average molecular weight is 205 g/mol. The van der Waals surface area contributed by atoms with Crippen LogP contribution >= 0.6 is 0 Å². The number of hydrogen-bond acceptors (Lipinski definition) is 5. The lowest BCUT2D eigenvalue weighted by molar-refractivity contribution is 0.278. The molecule has 0 atom stereocenters. The van der Waals surface area contributed by atoms with E-state index in [9.17, 15) is 0 Å². The number of aryl methyl sites for hydroxylation is 1. The molecule has 0 spiro atoms. The van der Waals surface area contributed by atoms with E-state index in [4.69, 9.17) is 9.63 Å². The van der Waals surface area contributed by atoms with E-state index in [1.165, 1.54) is 0 Å². The molecule has 0 aliphatic carbocycles. The Hall–Kier alpha value is -1.75. The lowest BCUT2D eigenvalue weighted by atomic mass is 10.3. The zero-order chi connectivity index (χ0) is 10.5. The number of hydrogen-bond donors (Lipinski definition) is 1. The van der Waals surface area contributed by atoms with Gasteiger partial charge in [0.15, 0.2) is 0 Å². The predicted molar refractivity (Wildman–Crippen MR) is 52.9 cm³/mol. The summed E-state index contributed by atoms with van der Waals surface area (Å²) in [6, 6.07) is 3.69. The molecule has 0 saturated heterocycles. The van der Waals surface area contributed by atoms with Crippen molar-refractivity contribution in [1.82, 2.24) is 15.1 Å². The minimum absolute atomic E-state index is 0.130. The Morgan fingerprint density at radius 1 is 1.40 bits per heavy atom. The van der Waals surface area contributed by atoms with E-state index in [2.05, 4.69) is 15.1 Å². The molecule has 2 aromatic rings. The summed E-state index contributed by atoms with van der Waals surface area (Å²) in [4.78, 5) is 8.16. The number of pyridine rings is 1. The van der Waals surface area contributed by atoms with Gasteiger partial charge in [-0.05, 0) is 18.6 Å². The predicted octanol–water partition coefficient (Wildman–Crippen LogP) is 1.06. The zero-order valence-corrected chi connectivity index (χ0v) is 8.13. The third kappa shape index (κ3) is 2.38. The number of aliphatic hydroxyl groups excluding tert-OH is 1. The van der Waals surface area contributed by atoms with Gasteiger partial charge >= 0.3 is 0 Å². The fourth-order valence-electron chi connectivity index (χ4n) is 1.20. The Bertz CT molecular complexity index is 414. The van der Waals surface area contributed by atoms with E-state index in [1.807, 2.05) is 12.1 Å². The van der Waals surface area contributed by atoms with Crippen LogP contribution < -0.4 is 0 Å². The molecule has 78 valence electrons. The number of aliphatic hydroxyl groups is 1. The van der Waals surface area contributed by atoms with Crippen molar-refractivity contribution in [2.24, 2.45) is 0 Å². The molecule has 0 aliphatic heterocycles. The normalized spacial score (nSPS) is 10.5. The van der Waals surface area contributed by atoms with Crippen molar-refractivity contribution in [2.75, 3.05) is 6.61 Å². The van der Waals surface area contributed by atoms with Gasteiger partial charge in [-0.3, -0.25) is 4.98 Å². The highest BCUT2D eigenvalue weighted by Crippen LogP contribution is 2.13. The minimum Gasteiger partial charge on any atom is -0.396 e. The van der Waals surface area contributed by atoms with E-state index in [0.29, 0.717) is 24.6 Å². The summed E-state index contributed by atoms with van der Waals surface area (Å²) in [6.45, 7) is 0.130. The van der Waals surface area contributed by atoms with E-state index in [0.717, 1.165) is 5.56 Å². The number of aromatic nitrogens is 3. The minimum atomic E-state index is 0.130. The van der Waals surface area contributed by atoms with E-state index in [-0.39, 0.29) is 6.61 Å². The first-order chi connectivity index (χ1) is 7.40. The van der Waals surface area contributed by atoms with Gasteiger partial charge in [-0.1, -0.05) is 5.16 Å². The molecular formula is C10H11N3O2. The lowest BCUT2D eigenvalue weighted by Crippen LogP contribution is -1.89. The first-order valence-electron chi connectivity index (χ1n) is 4.74. The second-order valence-electron chi connectivity index (χ2n) is 3.08. The highest BCUT2D eigenvalue weighted by atomic mass is 16.5. The molecule has 0 saturated carbocycles. The van der Waals surface area contributed by atoms with Crippen molar-refractivity contribution in [3.8, 4) is 11.4 Å². The van der Waals surface area contributed by atoms with Crippen LogP contribution in [0.5, 0.6) is 0 Å². The van der Waals surface area contributed by atoms with Crippen molar-refractivity contribution in [2.45, 2.75) is 12.8 Å². The SMILES string of the molecule is OCCCc1nc(-c2cccnc2)no1. The smallest absolute Gasteiger partial charge is 0.227 e. The highest BCUT2D eigenvalue weighted by Gasteiger charge is 2.07. The van der Waals surface area contributed by atoms with Crippen molar-refractivity contribution in [1.29, 1.82) is 0 Å². The van der Waals surface area contributed by atoms with Crippen LogP contribution in [0.25, 0.3) is 11.4 Å². The van der Waals surface area contributed by atoms with Crippen molar-refractivity contribution in [3.05, 3.63) is 30.4 Å². The number of nitrogens with zero attached hydrogens (tertiary/aromatic N) is 3. The Balaban J connectivity index is 2.14. The van der Waals surface area contributed by atoms with Crippen LogP contribution in [0.3, 0.4) is 0 Å². The molecular weight excluding hydrogens is 194 g/mol. The van der Waals surface area contributed by atoms with Crippen LogP contribution in [-0.4, -0.2) is 26.8 Å². The third-order valence-electron chi connectivity index (χ3n) is 1.94. The quantitative estimate of drug-likeness (QED) is 0.807. The molecule has 2 aromatic heterocycles. The lowest BCUT2D eigenvalue weighted by Gasteiger charge is -1.90. The Kier molecular flexibility index (Phi) is 3.04. The van der Waals surface area contributed by atoms with Gasteiger partial charge in [-0.25, -0.2) is 0 Å². The van der Waals surface area contributed by atoms with Crippen molar-refractivity contribution < 1.29 is 9.63 Å². The third-order valence-corrected chi connectivity index (χ3v) is 1.94. The van der Waals surface area contributed by atoms with Crippen LogP contribution in [0.2, 0.25) is 0 Å². The maximum atomic E-state index is 8.65. The zero-order valence-electron chi connectivity index (χ0n) is 8.13. The highest BCUT2D eigenvalue weighted by molar-refractivity contribution is 5.51. The molecule has 2 heterocycles. The van der Waals surface area contributed by atoms with E-state index in [1.54, 1.807) is 12.4 Å². The molecule has 0 bridgehead atoms. The van der Waals surface area contributed by atoms with Gasteiger partial charge in [-0.15, -0.1) is 0 Å². The van der Waals surface area contributed by atoms with Crippen LogP contribution in [0, 0.1) is 0 Å². The van der Waals surface area contributed by atoms with Crippen molar-refractivity contribution in [3.63, 3.8) is 0 Å². The second-order valence-corrected chi connectivity index (χ2v) is 3.08. The molecule has 0 amide bonds. The summed E-state index contributed by atoms with van der Waals surface area (Å²) < 4.78 is 5.02. The van der Waals surface area contributed by atoms with Crippen molar-refractivity contribution >= 4 is 0 Å². The molecule has 0 unspecified atom stereocenters. The molecule has 0 fully saturated rings. The first-order valence-corrected chi connectivity index (χ1v) is 4.74. The Labute approximate surface area is 86.8 Å². The summed E-state index contributed by atoms with van der Waals surface area (Å²) in [5.41, 5.74) is 0.830. The molecule has 1 N–H and O–H groups in total. The fourth-order valence-corrected chi connectivity index (χ4v) is 1.20. The molecule has 0 radical (unpaired) electrons. The summed E-state index contributed by atoms with van der Waals surface area (Å²) >= 11 is 0. The maximum Gasteiger partial charge on any atom is 0.227 e. The summed E-state index contributed by atoms with van der Waals surface area (Å²) in [5.74, 6) is 1.08. The summed E-state index contributed by atoms with van der Waals surface area (Å²) in [7, 11) is 0. The van der Waals surface area contributed by atoms with Crippen LogP contribution in [0.4, 0.5) is 0 Å². The second kappa shape index (κ2) is 4.65. The largest absolute Gasteiger partial charge is 0.396 e. The molecule has 0 aliphatic rings. The Morgan fingerprint density at radius 2 is 2.33 bits per heavy atom. The van der Waals surface area contributed by atoms with E-state index < -0.39 is 0 Å². The van der Waals surface area contributed by atoms with Gasteiger partial charge in [-0.2, -0.15) is 4.98 Å². The standard InChI is InChI=1S/C10H11N3O2/c14-6-2-4-9-12-10(13-15-9)8-3-1-5-11-7-8/h1,3,5,7,14H,2,4,6H2. The van der Waals surface area contributed by atoms with Crippen LogP contribution in [-0.2, 0) is 6.42 Å². The maximum absolute atomic E-state index is 8.65. The van der Waals surface area contributed by atoms with E-state index >= 15 is 0 Å². The van der Waals surface area contributed by atoms with Gasteiger partial charge in [0.1, 0.15) is 0 Å². The van der Waals surface area contributed by atoms with Crippen LogP contribution in [0.1, 0.15) is 12.3 Å². The summed E-state index contributed by atoms with van der Waals surface area (Å²) in [5, 5.41) is 12.5. The van der Waals surface area contributed by atoms with Gasteiger partial charge in [0.25, 0.3) is 0 Å². The average Bonchev–Trinajstić information content (AvgIpc) is 2.76. The molecule has 15 heavy (non-hydrogen) atoms. The van der Waals surface area contributed by atoms with Crippen LogP contribution in [0.15, 0.2) is 29.0 Å². The molecule has 2 rings (SSSR count). The van der Waals surface area contributed by atoms with Gasteiger partial charge in [0, 0.05) is 31.0 Å². The van der Waals surface area contributed by atoms with Gasteiger partial charge in [0.05, 0.1) is 0 Å². The first kappa shape index (κ1) is 9.79. The molecule has 5 nitrogen and oxygen atoms in total. The van der Waals surface area contributed by atoms with Gasteiger partial charge < -0.3 is 9.63 Å². The fraction of sp³-hybridized carbons (Fsp3) is 0.300. The van der Waals surface area contributed by atoms with Gasteiger partial charge in [0.2, 0.25) is 11.7 Å². The molecule has 5 heteroatoms. The summed E-state index contributed by atoms with van der Waals surface area (Å²) in [6.07, 6.45) is 4.61. The topological polar surface area (TPSA) is 72.0 Å². The Morgan fingerprint density at radius 3 is 3.07 bits per heavy atom. The molecule has 0 aromatic carbocycles. The monoisotopic (exact) mass is 205 g/mol.